The summed E-state index contributed by atoms with van der Waals surface area (Å²) in [6, 6.07) is 0.727. The van der Waals surface area contributed by atoms with E-state index in [1.165, 1.54) is 4.90 Å². The van der Waals surface area contributed by atoms with Crippen LogP contribution in [0.2, 0.25) is 0 Å². The van der Waals surface area contributed by atoms with E-state index in [4.69, 9.17) is 4.74 Å². The Morgan fingerprint density at radius 3 is 2.73 bits per heavy atom. The highest BCUT2D eigenvalue weighted by Gasteiger charge is 2.34. The Kier molecular flexibility index (Phi) is 6.82. The van der Waals surface area contributed by atoms with Crippen molar-refractivity contribution in [1.29, 1.82) is 0 Å². The van der Waals surface area contributed by atoms with Gasteiger partial charge in [0.1, 0.15) is 5.56 Å². The number of alkyl halides is 3. The van der Waals surface area contributed by atoms with Crippen LogP contribution in [0, 0.1) is 0 Å². The number of halogens is 3. The third-order valence-electron chi connectivity index (χ3n) is 4.56. The summed E-state index contributed by atoms with van der Waals surface area (Å²) in [5.74, 6) is -0.662. The van der Waals surface area contributed by atoms with Crippen molar-refractivity contribution in [2.75, 3.05) is 39.9 Å². The van der Waals surface area contributed by atoms with E-state index in [9.17, 15) is 22.8 Å². The molecule has 1 unspecified atom stereocenters. The zero-order valence-corrected chi connectivity index (χ0v) is 14.9. The number of nitrogens with one attached hydrogen (secondary N) is 1. The molecule has 1 aromatic rings. The van der Waals surface area contributed by atoms with Crippen LogP contribution < -0.4 is 5.56 Å². The Hall–Kier alpha value is -1.87. The SMILES string of the molecule is CCCC1CN(C(=O)c2cc(C(F)(F)F)c[nH]c2=O)CCN1CCOC. The molecule has 9 heteroatoms. The molecule has 0 saturated carbocycles. The van der Waals surface area contributed by atoms with Crippen molar-refractivity contribution in [3.63, 3.8) is 0 Å². The molecule has 1 aliphatic rings. The summed E-state index contributed by atoms with van der Waals surface area (Å²) in [7, 11) is 1.62. The number of piperazine rings is 1. The predicted molar refractivity (Wildman–Crippen MR) is 90.1 cm³/mol. The fourth-order valence-electron chi connectivity index (χ4n) is 3.16. The second-order valence-electron chi connectivity index (χ2n) is 6.35. The van der Waals surface area contributed by atoms with Crippen LogP contribution in [-0.2, 0) is 10.9 Å². The van der Waals surface area contributed by atoms with E-state index in [1.54, 1.807) is 7.11 Å². The van der Waals surface area contributed by atoms with Gasteiger partial charge >= 0.3 is 6.18 Å². The molecule has 1 N–H and O–H groups in total. The molecular weight excluding hydrogens is 351 g/mol. The number of pyridine rings is 1. The zero-order chi connectivity index (χ0) is 19.3. The van der Waals surface area contributed by atoms with Crippen LogP contribution >= 0.6 is 0 Å². The Labute approximate surface area is 149 Å². The van der Waals surface area contributed by atoms with Crippen LogP contribution in [0.3, 0.4) is 0 Å². The van der Waals surface area contributed by atoms with Gasteiger partial charge in [0.05, 0.1) is 12.2 Å². The van der Waals surface area contributed by atoms with Gasteiger partial charge in [-0.25, -0.2) is 0 Å². The maximum atomic E-state index is 12.9. The van der Waals surface area contributed by atoms with Crippen molar-refractivity contribution in [3.05, 3.63) is 33.7 Å². The molecule has 0 bridgehead atoms. The third-order valence-corrected chi connectivity index (χ3v) is 4.56. The highest BCUT2D eigenvalue weighted by molar-refractivity contribution is 5.94. The van der Waals surface area contributed by atoms with Gasteiger partial charge in [-0.15, -0.1) is 0 Å². The number of nitrogens with zero attached hydrogens (tertiary/aromatic N) is 2. The van der Waals surface area contributed by atoms with Crippen LogP contribution in [-0.4, -0.2) is 66.6 Å². The van der Waals surface area contributed by atoms with Crippen molar-refractivity contribution in [3.8, 4) is 0 Å². The number of methoxy groups -OCH3 is 1. The minimum absolute atomic E-state index is 0.0951. The second-order valence-corrected chi connectivity index (χ2v) is 6.35. The molecule has 6 nitrogen and oxygen atoms in total. The van der Waals surface area contributed by atoms with Crippen molar-refractivity contribution >= 4 is 5.91 Å². The van der Waals surface area contributed by atoms with Crippen LogP contribution in [0.1, 0.15) is 35.7 Å². The fourth-order valence-corrected chi connectivity index (χ4v) is 3.16. The number of hydrogen-bond donors (Lipinski definition) is 1. The predicted octanol–water partition coefficient (Wildman–Crippen LogP) is 1.97. The average Bonchev–Trinajstić information content (AvgIpc) is 2.59. The number of H-pyrrole nitrogens is 1. The molecule has 0 radical (unpaired) electrons. The Morgan fingerprint density at radius 2 is 2.12 bits per heavy atom. The summed E-state index contributed by atoms with van der Waals surface area (Å²) in [5.41, 5.74) is -2.32. The van der Waals surface area contributed by atoms with Crippen LogP contribution in [0.25, 0.3) is 0 Å². The molecule has 2 heterocycles. The largest absolute Gasteiger partial charge is 0.417 e. The van der Waals surface area contributed by atoms with Crippen LogP contribution in [0.15, 0.2) is 17.1 Å². The monoisotopic (exact) mass is 375 g/mol. The summed E-state index contributed by atoms with van der Waals surface area (Å²) in [6.07, 6.45) is -2.27. The first-order valence-corrected chi connectivity index (χ1v) is 8.60. The van der Waals surface area contributed by atoms with Crippen molar-refractivity contribution in [1.82, 2.24) is 14.8 Å². The molecule has 2 rings (SSSR count). The third kappa shape index (κ3) is 4.85. The van der Waals surface area contributed by atoms with E-state index >= 15 is 0 Å². The molecule has 146 valence electrons. The normalized spacial score (nSPS) is 19.0. The van der Waals surface area contributed by atoms with Gasteiger partial charge in [0.2, 0.25) is 0 Å². The molecule has 1 amide bonds. The molecule has 1 fully saturated rings. The minimum Gasteiger partial charge on any atom is -0.383 e. The fraction of sp³-hybridized carbons (Fsp3) is 0.647. The molecule has 0 aromatic carbocycles. The molecule has 0 aliphatic carbocycles. The maximum absolute atomic E-state index is 12.9. The minimum atomic E-state index is -4.62. The second kappa shape index (κ2) is 8.68. The highest BCUT2D eigenvalue weighted by Crippen LogP contribution is 2.28. The lowest BCUT2D eigenvalue weighted by Gasteiger charge is -2.41. The summed E-state index contributed by atoms with van der Waals surface area (Å²) >= 11 is 0. The summed E-state index contributed by atoms with van der Waals surface area (Å²) < 4.78 is 43.7. The lowest BCUT2D eigenvalue weighted by molar-refractivity contribution is -0.137. The Morgan fingerprint density at radius 1 is 1.38 bits per heavy atom. The summed E-state index contributed by atoms with van der Waals surface area (Å²) in [6.45, 7) is 4.67. The number of aromatic amines is 1. The summed E-state index contributed by atoms with van der Waals surface area (Å²) in [5, 5.41) is 0. The standard InChI is InChI=1S/C17H24F3N3O3/c1-3-4-13-11-23(6-5-22(13)7-8-26-2)16(25)14-9-12(17(18,19)20)10-21-15(14)24/h9-10,13H,3-8,11H2,1-2H3,(H,21,24). The number of rotatable bonds is 6. The van der Waals surface area contributed by atoms with E-state index in [0.29, 0.717) is 38.5 Å². The smallest absolute Gasteiger partial charge is 0.383 e. The van der Waals surface area contributed by atoms with E-state index in [-0.39, 0.29) is 6.04 Å². The van der Waals surface area contributed by atoms with E-state index < -0.39 is 28.8 Å². The molecule has 0 spiro atoms. The molecule has 1 aromatic heterocycles. The Bertz CT molecular complexity index is 675. The molecule has 26 heavy (non-hydrogen) atoms. The molecule has 1 saturated heterocycles. The first-order valence-electron chi connectivity index (χ1n) is 8.60. The first-order chi connectivity index (χ1) is 12.3. The highest BCUT2D eigenvalue weighted by atomic mass is 19.4. The van der Waals surface area contributed by atoms with Crippen molar-refractivity contribution < 1.29 is 22.7 Å². The van der Waals surface area contributed by atoms with Gasteiger partial charge in [-0.05, 0) is 12.5 Å². The van der Waals surface area contributed by atoms with Gasteiger partial charge in [0.25, 0.3) is 11.5 Å². The lowest BCUT2D eigenvalue weighted by Crippen LogP contribution is -2.55. The Balaban J connectivity index is 2.18. The van der Waals surface area contributed by atoms with Gasteiger partial charge in [-0.2, -0.15) is 13.2 Å². The first kappa shape index (κ1) is 20.4. The van der Waals surface area contributed by atoms with Gasteiger partial charge in [0.15, 0.2) is 0 Å². The summed E-state index contributed by atoms with van der Waals surface area (Å²) in [4.78, 5) is 30.3. The number of aromatic nitrogens is 1. The zero-order valence-electron chi connectivity index (χ0n) is 14.9. The van der Waals surface area contributed by atoms with Gasteiger partial charge in [-0.3, -0.25) is 14.5 Å². The van der Waals surface area contributed by atoms with Crippen molar-refractivity contribution in [2.24, 2.45) is 0 Å². The topological polar surface area (TPSA) is 65.6 Å². The number of carbonyl (C=O) groups is 1. The van der Waals surface area contributed by atoms with Crippen LogP contribution in [0.5, 0.6) is 0 Å². The van der Waals surface area contributed by atoms with E-state index in [1.807, 2.05) is 11.9 Å². The van der Waals surface area contributed by atoms with Gasteiger partial charge in [-0.1, -0.05) is 13.3 Å². The number of ether oxygens (including phenoxy) is 1. The lowest BCUT2D eigenvalue weighted by atomic mass is 10.1. The number of amides is 1. The van der Waals surface area contributed by atoms with Crippen molar-refractivity contribution in [2.45, 2.75) is 32.0 Å². The van der Waals surface area contributed by atoms with Gasteiger partial charge in [0, 0.05) is 45.5 Å². The number of carbonyl (C=O) groups excluding carboxylic acids is 1. The average molecular weight is 375 g/mol. The molecular formula is C17H24F3N3O3. The van der Waals surface area contributed by atoms with Gasteiger partial charge < -0.3 is 14.6 Å². The van der Waals surface area contributed by atoms with E-state index in [2.05, 4.69) is 4.90 Å². The molecule has 1 atom stereocenters. The quantitative estimate of drug-likeness (QED) is 0.826. The maximum Gasteiger partial charge on any atom is 0.417 e. The van der Waals surface area contributed by atoms with E-state index in [0.717, 1.165) is 19.4 Å². The number of hydrogen-bond acceptors (Lipinski definition) is 4. The van der Waals surface area contributed by atoms with Crippen LogP contribution in [0.4, 0.5) is 13.2 Å². The molecule has 1 aliphatic heterocycles.